The SMILES string of the molecule is CC(C)[C@H](N)C(c1ccccc1)(c1ccccc1)c1ccccc1. The molecule has 122 valence electrons. The summed E-state index contributed by atoms with van der Waals surface area (Å²) in [7, 11) is 0. The van der Waals surface area contributed by atoms with Gasteiger partial charge in [0.2, 0.25) is 0 Å². The lowest BCUT2D eigenvalue weighted by atomic mass is 9.62. The highest BCUT2D eigenvalue weighted by Crippen LogP contribution is 2.43. The van der Waals surface area contributed by atoms with Gasteiger partial charge in [0.25, 0.3) is 0 Å². The lowest BCUT2D eigenvalue weighted by molar-refractivity contribution is 0.375. The van der Waals surface area contributed by atoms with Crippen molar-refractivity contribution < 1.29 is 0 Å². The minimum atomic E-state index is -0.363. The molecule has 3 aromatic rings. The normalized spacial score (nSPS) is 13.0. The zero-order valence-corrected chi connectivity index (χ0v) is 14.4. The van der Waals surface area contributed by atoms with Crippen LogP contribution in [0.1, 0.15) is 30.5 Å². The molecule has 0 aliphatic heterocycles. The second-order valence-corrected chi connectivity index (χ2v) is 6.68. The van der Waals surface area contributed by atoms with Crippen molar-refractivity contribution in [2.45, 2.75) is 25.3 Å². The van der Waals surface area contributed by atoms with Crippen LogP contribution < -0.4 is 5.73 Å². The van der Waals surface area contributed by atoms with Crippen molar-refractivity contribution in [2.75, 3.05) is 0 Å². The summed E-state index contributed by atoms with van der Waals surface area (Å²) < 4.78 is 0. The molecule has 24 heavy (non-hydrogen) atoms. The summed E-state index contributed by atoms with van der Waals surface area (Å²) in [5.41, 5.74) is 10.2. The molecule has 0 radical (unpaired) electrons. The van der Waals surface area contributed by atoms with Gasteiger partial charge in [0, 0.05) is 6.04 Å². The first-order valence-electron chi connectivity index (χ1n) is 8.59. The lowest BCUT2D eigenvalue weighted by Gasteiger charge is -2.43. The molecule has 0 bridgehead atoms. The highest BCUT2D eigenvalue weighted by molar-refractivity contribution is 5.52. The minimum absolute atomic E-state index is 0.0373. The molecule has 0 aliphatic rings. The van der Waals surface area contributed by atoms with Gasteiger partial charge in [-0.15, -0.1) is 0 Å². The molecule has 0 unspecified atom stereocenters. The van der Waals surface area contributed by atoms with Gasteiger partial charge >= 0.3 is 0 Å². The van der Waals surface area contributed by atoms with E-state index in [4.69, 9.17) is 5.73 Å². The topological polar surface area (TPSA) is 26.0 Å². The molecule has 0 fully saturated rings. The third-order valence-electron chi connectivity index (χ3n) is 4.91. The quantitative estimate of drug-likeness (QED) is 0.658. The molecule has 1 nitrogen and oxygen atoms in total. The Morgan fingerprint density at radius 2 is 0.875 bits per heavy atom. The Morgan fingerprint density at radius 3 is 1.12 bits per heavy atom. The van der Waals surface area contributed by atoms with Crippen LogP contribution in [-0.2, 0) is 5.41 Å². The third-order valence-corrected chi connectivity index (χ3v) is 4.91. The zero-order valence-electron chi connectivity index (χ0n) is 14.4. The maximum atomic E-state index is 6.89. The van der Waals surface area contributed by atoms with E-state index >= 15 is 0 Å². The van der Waals surface area contributed by atoms with E-state index in [1.54, 1.807) is 0 Å². The monoisotopic (exact) mass is 315 g/mol. The number of hydrogen-bond acceptors (Lipinski definition) is 1. The van der Waals surface area contributed by atoms with E-state index in [2.05, 4.69) is 105 Å². The first kappa shape index (κ1) is 16.5. The van der Waals surface area contributed by atoms with Crippen molar-refractivity contribution in [3.05, 3.63) is 108 Å². The first-order chi connectivity index (χ1) is 11.7. The molecule has 2 N–H and O–H groups in total. The van der Waals surface area contributed by atoms with Crippen LogP contribution >= 0.6 is 0 Å². The maximum Gasteiger partial charge on any atom is 0.0604 e. The Labute approximate surface area is 145 Å². The largest absolute Gasteiger partial charge is 0.326 e. The molecule has 0 aliphatic carbocycles. The fourth-order valence-corrected chi connectivity index (χ4v) is 3.68. The van der Waals surface area contributed by atoms with Gasteiger partial charge in [0.05, 0.1) is 5.41 Å². The predicted octanol–water partition coefficient (Wildman–Crippen LogP) is 5.00. The van der Waals surface area contributed by atoms with Gasteiger partial charge in [0.15, 0.2) is 0 Å². The summed E-state index contributed by atoms with van der Waals surface area (Å²) in [6.07, 6.45) is 0. The standard InChI is InChI=1S/C23H25N/c1-18(2)22(24)23(19-12-6-3-7-13-19,20-14-8-4-9-15-20)21-16-10-5-11-17-21/h3-18,22H,24H2,1-2H3/t22-/m0/s1. The highest BCUT2D eigenvalue weighted by Gasteiger charge is 2.42. The van der Waals surface area contributed by atoms with Gasteiger partial charge in [-0.3, -0.25) is 0 Å². The van der Waals surface area contributed by atoms with Crippen molar-refractivity contribution in [2.24, 2.45) is 11.7 Å². The van der Waals surface area contributed by atoms with Crippen LogP contribution in [0, 0.1) is 5.92 Å². The van der Waals surface area contributed by atoms with E-state index in [1.165, 1.54) is 16.7 Å². The summed E-state index contributed by atoms with van der Waals surface area (Å²) in [6, 6.07) is 31.9. The van der Waals surface area contributed by atoms with Crippen molar-refractivity contribution in [1.29, 1.82) is 0 Å². The molecule has 0 saturated carbocycles. The van der Waals surface area contributed by atoms with Gasteiger partial charge in [-0.1, -0.05) is 105 Å². The third kappa shape index (κ3) is 2.76. The van der Waals surface area contributed by atoms with Gasteiger partial charge in [-0.2, -0.15) is 0 Å². The van der Waals surface area contributed by atoms with Crippen LogP contribution in [0.25, 0.3) is 0 Å². The summed E-state index contributed by atoms with van der Waals surface area (Å²) in [6.45, 7) is 4.41. The van der Waals surface area contributed by atoms with E-state index in [0.29, 0.717) is 5.92 Å². The molecule has 0 aromatic heterocycles. The molecule has 0 amide bonds. The van der Waals surface area contributed by atoms with Crippen LogP contribution in [0.4, 0.5) is 0 Å². The van der Waals surface area contributed by atoms with Gasteiger partial charge in [-0.25, -0.2) is 0 Å². The fourth-order valence-electron chi connectivity index (χ4n) is 3.68. The van der Waals surface area contributed by atoms with Gasteiger partial charge in [0.1, 0.15) is 0 Å². The number of nitrogens with two attached hydrogens (primary N) is 1. The Kier molecular flexibility index (Phi) is 4.82. The molecular formula is C23H25N. The van der Waals surface area contributed by atoms with E-state index in [-0.39, 0.29) is 11.5 Å². The molecule has 0 spiro atoms. The highest BCUT2D eigenvalue weighted by atomic mass is 14.7. The summed E-state index contributed by atoms with van der Waals surface area (Å²) in [4.78, 5) is 0. The zero-order chi connectivity index (χ0) is 17.0. The molecular weight excluding hydrogens is 290 g/mol. The van der Waals surface area contributed by atoms with E-state index in [1.807, 2.05) is 0 Å². The van der Waals surface area contributed by atoms with Crippen molar-refractivity contribution in [3.8, 4) is 0 Å². The predicted molar refractivity (Wildman–Crippen MR) is 102 cm³/mol. The van der Waals surface area contributed by atoms with Crippen LogP contribution in [-0.4, -0.2) is 6.04 Å². The van der Waals surface area contributed by atoms with E-state index < -0.39 is 0 Å². The Hall–Kier alpha value is -2.38. The lowest BCUT2D eigenvalue weighted by Crippen LogP contribution is -2.50. The van der Waals surface area contributed by atoms with Crippen LogP contribution in [0.15, 0.2) is 91.0 Å². The van der Waals surface area contributed by atoms with Crippen LogP contribution in [0.3, 0.4) is 0 Å². The van der Waals surface area contributed by atoms with Gasteiger partial charge < -0.3 is 5.73 Å². The molecule has 3 rings (SSSR count). The minimum Gasteiger partial charge on any atom is -0.326 e. The summed E-state index contributed by atoms with van der Waals surface area (Å²) in [5.74, 6) is 0.339. The van der Waals surface area contributed by atoms with Crippen molar-refractivity contribution in [1.82, 2.24) is 0 Å². The summed E-state index contributed by atoms with van der Waals surface area (Å²) >= 11 is 0. The summed E-state index contributed by atoms with van der Waals surface area (Å²) in [5, 5.41) is 0. The number of hydrogen-bond donors (Lipinski definition) is 1. The second kappa shape index (κ2) is 7.02. The van der Waals surface area contributed by atoms with E-state index in [0.717, 1.165) is 0 Å². The molecule has 1 atom stereocenters. The Morgan fingerprint density at radius 1 is 0.583 bits per heavy atom. The van der Waals surface area contributed by atoms with Crippen LogP contribution in [0.2, 0.25) is 0 Å². The molecule has 0 heterocycles. The van der Waals surface area contributed by atoms with Crippen LogP contribution in [0.5, 0.6) is 0 Å². The molecule has 0 saturated heterocycles. The van der Waals surface area contributed by atoms with Gasteiger partial charge in [-0.05, 0) is 22.6 Å². The number of benzene rings is 3. The number of rotatable bonds is 5. The maximum absolute atomic E-state index is 6.89. The average Bonchev–Trinajstić information content (AvgIpc) is 2.65. The molecule has 3 aromatic carbocycles. The Balaban J connectivity index is 2.37. The Bertz CT molecular complexity index is 651. The second-order valence-electron chi connectivity index (χ2n) is 6.68. The van der Waals surface area contributed by atoms with Crippen molar-refractivity contribution in [3.63, 3.8) is 0 Å². The first-order valence-corrected chi connectivity index (χ1v) is 8.59. The average molecular weight is 315 g/mol. The fraction of sp³-hybridized carbons (Fsp3) is 0.217. The van der Waals surface area contributed by atoms with Crippen molar-refractivity contribution >= 4 is 0 Å². The molecule has 1 heteroatoms. The smallest absolute Gasteiger partial charge is 0.0604 e. The van der Waals surface area contributed by atoms with E-state index in [9.17, 15) is 0 Å².